The van der Waals surface area contributed by atoms with Crippen molar-refractivity contribution in [3.8, 4) is 17.2 Å². The van der Waals surface area contributed by atoms with E-state index in [4.69, 9.17) is 22.3 Å². The summed E-state index contributed by atoms with van der Waals surface area (Å²) in [4.78, 5) is 0.0567. The van der Waals surface area contributed by atoms with Crippen LogP contribution in [0.2, 0.25) is 0 Å². The summed E-state index contributed by atoms with van der Waals surface area (Å²) in [5.41, 5.74) is 0.390. The van der Waals surface area contributed by atoms with E-state index in [1.54, 1.807) is 0 Å². The minimum Gasteiger partial charge on any atom is -0.747 e. The van der Waals surface area contributed by atoms with E-state index in [1.165, 1.54) is 61.7 Å². The van der Waals surface area contributed by atoms with Gasteiger partial charge < -0.3 is 36.3 Å². The van der Waals surface area contributed by atoms with Crippen molar-refractivity contribution in [3.63, 3.8) is 0 Å². The maximum Gasteiger partial charge on any atom is 1.00 e. The number of phenols is 2. The molecule has 0 aliphatic carbocycles. The van der Waals surface area contributed by atoms with E-state index < -0.39 is 36.2 Å². The molecule has 0 spiro atoms. The summed E-state index contributed by atoms with van der Waals surface area (Å²) < 4.78 is 95.6. The Kier molecular flexibility index (Phi) is 26.3. The van der Waals surface area contributed by atoms with Crippen LogP contribution in [0.3, 0.4) is 0 Å². The number of phenolic OH excluding ortho intramolecular Hbond substituents is 2. The molecule has 0 saturated carbocycles. The molecule has 51 heavy (non-hydrogen) atoms. The van der Waals surface area contributed by atoms with Crippen LogP contribution in [0.25, 0.3) is 10.8 Å². The summed E-state index contributed by atoms with van der Waals surface area (Å²) in [6.45, 7) is 3.40. The number of methoxy groups -OCH3 is 1. The van der Waals surface area contributed by atoms with Crippen LogP contribution in [-0.2, 0) is 47.4 Å². The number of ether oxygens (including phenoxy) is 1. The molecule has 4 rings (SSSR count). The smallest absolute Gasteiger partial charge is 0.747 e. The zero-order chi connectivity index (χ0) is 34.3. The largest absolute Gasteiger partial charge is 1.00 e. The van der Waals surface area contributed by atoms with Gasteiger partial charge in [0.25, 0.3) is 0 Å². The van der Waals surface area contributed by atoms with Crippen molar-refractivity contribution in [1.29, 1.82) is 0 Å². The Morgan fingerprint density at radius 2 is 1.43 bits per heavy atom. The fourth-order valence-corrected chi connectivity index (χ4v) is 4.61. The molecule has 0 aliphatic heterocycles. The fourth-order valence-electron chi connectivity index (χ4n) is 3.49. The van der Waals surface area contributed by atoms with Crippen molar-refractivity contribution in [2.75, 3.05) is 24.1 Å². The van der Waals surface area contributed by atoms with E-state index in [1.807, 2.05) is 0 Å². The van der Waals surface area contributed by atoms with Gasteiger partial charge in [0.15, 0.2) is 9.84 Å². The summed E-state index contributed by atoms with van der Waals surface area (Å²) in [5, 5.41) is 40.1. The molecule has 0 saturated heterocycles. The van der Waals surface area contributed by atoms with Crippen LogP contribution in [0, 0.1) is 19.1 Å². The third-order valence-electron chi connectivity index (χ3n) is 5.58. The van der Waals surface area contributed by atoms with Crippen molar-refractivity contribution in [1.82, 2.24) is 0 Å². The van der Waals surface area contributed by atoms with Gasteiger partial charge >= 0.3 is 118 Å². The van der Waals surface area contributed by atoms with E-state index in [0.29, 0.717) is 5.75 Å². The van der Waals surface area contributed by atoms with Crippen molar-refractivity contribution in [2.45, 2.75) is 4.90 Å². The number of benzene rings is 4. The molecule has 257 valence electrons. The van der Waals surface area contributed by atoms with Crippen molar-refractivity contribution in [2.24, 2.45) is 20.5 Å². The normalized spacial score (nSPS) is 11.1. The fraction of sp³-hybridized carbons (Fsp3) is 0.115. The van der Waals surface area contributed by atoms with Crippen LogP contribution >= 0.6 is 0 Å². The van der Waals surface area contributed by atoms with Crippen molar-refractivity contribution >= 4 is 69.6 Å². The Morgan fingerprint density at radius 1 is 0.843 bits per heavy atom. The Labute approximate surface area is 393 Å². The molecule has 0 unspecified atom stereocenters. The molecule has 0 amide bonds. The van der Waals surface area contributed by atoms with Gasteiger partial charge in [-0.1, -0.05) is 28.7 Å². The maximum atomic E-state index is 12.0. The van der Waals surface area contributed by atoms with Crippen LogP contribution in [-0.4, -0.2) is 67.9 Å². The van der Waals surface area contributed by atoms with Gasteiger partial charge in [-0.15, -0.1) is 12.1 Å². The second-order valence-electron chi connectivity index (χ2n) is 8.70. The topological polar surface area (TPSA) is 280 Å². The second kappa shape index (κ2) is 24.3. The van der Waals surface area contributed by atoms with Gasteiger partial charge in [0.1, 0.15) is 16.0 Å². The molecule has 4 aromatic carbocycles. The first kappa shape index (κ1) is 55.1. The summed E-state index contributed by atoms with van der Waals surface area (Å²) in [6.07, 6.45) is 0. The quantitative estimate of drug-likeness (QED) is 0.0380. The number of hydrogen-bond donors (Lipinski definition) is 4. The molecule has 0 bridgehead atoms. The molecular weight excluding hydrogens is 826 g/mol. The first-order valence-electron chi connectivity index (χ1n) is 12.2. The number of rotatable bonds is 10. The van der Waals surface area contributed by atoms with Crippen LogP contribution in [0.4, 0.5) is 28.4 Å². The van der Waals surface area contributed by atoms with Crippen LogP contribution in [0.5, 0.6) is 17.2 Å². The summed E-state index contributed by atoms with van der Waals surface area (Å²) in [6, 6.07) is 17.8. The number of aromatic hydroxyl groups is 2. The van der Waals surface area contributed by atoms with Crippen molar-refractivity contribution < 1.29 is 189 Å². The molecule has 17 nitrogen and oxygen atoms in total. The molecule has 4 N–H and O–H groups in total. The van der Waals surface area contributed by atoms with Gasteiger partial charge in [-0.3, -0.25) is 4.55 Å². The Morgan fingerprint density at radius 3 is 1.96 bits per heavy atom. The molecule has 1 radical (unpaired) electrons. The average Bonchev–Trinajstić information content (AvgIpc) is 2.98. The zero-order valence-corrected chi connectivity index (χ0v) is 39.0. The number of anilines is 1. The van der Waals surface area contributed by atoms with E-state index in [9.17, 15) is 31.6 Å². The second-order valence-corrected chi connectivity index (χ2v) is 13.1. The first-order chi connectivity index (χ1) is 21.4. The zero-order valence-electron chi connectivity index (χ0n) is 27.6. The van der Waals surface area contributed by atoms with Crippen LogP contribution in [0.1, 0.15) is 0 Å². The van der Waals surface area contributed by atoms with E-state index >= 15 is 0 Å². The summed E-state index contributed by atoms with van der Waals surface area (Å²) in [5.74, 6) is -1.54. The molecule has 0 fully saturated rings. The number of nitrogens with one attached hydrogen (secondary N) is 1. The van der Waals surface area contributed by atoms with Crippen LogP contribution in [0.15, 0.2) is 79.9 Å². The predicted octanol–water partition coefficient (Wildman–Crippen LogP) is -7.77. The van der Waals surface area contributed by atoms with Gasteiger partial charge in [0, 0.05) is 45.7 Å². The Balaban J connectivity index is -0.00000215. The Bertz CT molecular complexity index is 2140. The Hall–Kier alpha value is -0.211. The average molecular weight is 848 g/mol. The summed E-state index contributed by atoms with van der Waals surface area (Å²) >= 11 is 0. The van der Waals surface area contributed by atoms with E-state index in [0.717, 1.165) is 0 Å². The van der Waals surface area contributed by atoms with E-state index in [2.05, 4.69) is 44.8 Å². The maximum absolute atomic E-state index is 12.0. The molecule has 0 atom stereocenters. The third kappa shape index (κ3) is 17.9. The van der Waals surface area contributed by atoms with Crippen molar-refractivity contribution in [3.05, 3.63) is 73.7 Å². The molecule has 25 heteroatoms. The SMILES string of the molecule is O=S(=O)([O-])O.[CH2-]CS(=O)(=O)c1ccc(N=Nc2c(NCS(=O)(=O)[O-])ccc3c(O)c(N=Nc4cc(OC)[c-]cc4O)[c-]cc23)cc1.[Cu].[Na+].[Na+].[Na+].[Na+]. The van der Waals surface area contributed by atoms with Gasteiger partial charge in [0.05, 0.1) is 29.1 Å². The standard InChI is InChI=1S/C26H22N5O8S2.Cu.4Na.H2O4S/c1-3-40(34,35)18-7-4-16(5-8-18)28-31-25-19-9-12-22(29-30-23-14-17(39-2)6-13-24(23)32)26(33)20(19)10-11-21(25)27-15-41(36,37)38;;;;;;1-5(2,3)4/h4-5,7-11,13-14,27,32-33H,1,3,15H2,2H3,(H,36,37,38);;;;;;(H2,1,2,3,4)/q-3;;4*+1;/p-2. The number of nitrogens with zero attached hydrogens (tertiary/aromatic N) is 4. The predicted molar refractivity (Wildman–Crippen MR) is 161 cm³/mol. The number of fused-ring (bicyclic) bond motifs is 1. The summed E-state index contributed by atoms with van der Waals surface area (Å²) in [7, 11) is -11.7. The third-order valence-corrected chi connectivity index (χ3v) is 7.60. The van der Waals surface area contributed by atoms with Gasteiger partial charge in [-0.25, -0.2) is 25.3 Å². The van der Waals surface area contributed by atoms with Gasteiger partial charge in [-0.05, 0) is 30.3 Å². The minimum atomic E-state index is -4.92. The molecular formula is C26H22CuN5Na4O12S3-. The van der Waals surface area contributed by atoms with E-state index in [-0.39, 0.29) is 197 Å². The molecule has 0 heterocycles. The van der Waals surface area contributed by atoms with Crippen LogP contribution < -0.4 is 128 Å². The monoisotopic (exact) mass is 847 g/mol. The molecule has 0 aliphatic rings. The molecule has 0 aromatic heterocycles. The molecule has 4 aromatic rings. The number of sulfone groups is 1. The minimum absolute atomic E-state index is 0. The first-order valence-corrected chi connectivity index (χ1v) is 16.8. The number of azo groups is 2. The van der Waals surface area contributed by atoms with Gasteiger partial charge in [-0.2, -0.15) is 32.6 Å². The number of hydrogen-bond acceptors (Lipinski definition) is 16. The van der Waals surface area contributed by atoms with Gasteiger partial charge in [0.2, 0.25) is 10.4 Å².